The number of aryl methyl sites for hydroxylation is 1. The Labute approximate surface area is 192 Å². The molecule has 0 unspecified atom stereocenters. The van der Waals surface area contributed by atoms with E-state index in [1.54, 1.807) is 24.3 Å². The fourth-order valence-corrected chi connectivity index (χ4v) is 5.66. The minimum absolute atomic E-state index is 0.0893. The SMILES string of the molecule is Cc1ccc([C@@H]2CC(c3ccccc3NS(C)(=O)=O)=NN2S(=O)(=O)c2ccc(F)cc2)cc1. The molecule has 1 heterocycles. The summed E-state index contributed by atoms with van der Waals surface area (Å²) in [5, 5.41) is 4.43. The van der Waals surface area contributed by atoms with Gasteiger partial charge in [0.25, 0.3) is 10.0 Å². The molecule has 0 radical (unpaired) electrons. The minimum Gasteiger partial charge on any atom is -0.283 e. The zero-order valence-corrected chi connectivity index (χ0v) is 19.6. The molecule has 33 heavy (non-hydrogen) atoms. The third kappa shape index (κ3) is 4.91. The van der Waals surface area contributed by atoms with Crippen molar-refractivity contribution >= 4 is 31.4 Å². The van der Waals surface area contributed by atoms with Crippen molar-refractivity contribution in [3.05, 3.63) is 95.3 Å². The van der Waals surface area contributed by atoms with Gasteiger partial charge in [0.15, 0.2) is 0 Å². The summed E-state index contributed by atoms with van der Waals surface area (Å²) in [4.78, 5) is -0.0893. The maximum Gasteiger partial charge on any atom is 0.279 e. The number of rotatable bonds is 6. The van der Waals surface area contributed by atoms with Crippen molar-refractivity contribution in [3.8, 4) is 0 Å². The molecule has 10 heteroatoms. The Morgan fingerprint density at radius 1 is 0.939 bits per heavy atom. The van der Waals surface area contributed by atoms with Crippen LogP contribution >= 0.6 is 0 Å². The summed E-state index contributed by atoms with van der Waals surface area (Å²) in [5.74, 6) is -0.546. The highest BCUT2D eigenvalue weighted by molar-refractivity contribution is 7.92. The van der Waals surface area contributed by atoms with Gasteiger partial charge in [0.05, 0.1) is 28.6 Å². The number of anilines is 1. The van der Waals surface area contributed by atoms with Gasteiger partial charge < -0.3 is 0 Å². The van der Waals surface area contributed by atoms with E-state index in [4.69, 9.17) is 0 Å². The molecule has 0 saturated heterocycles. The van der Waals surface area contributed by atoms with Gasteiger partial charge in [-0.2, -0.15) is 17.9 Å². The second-order valence-electron chi connectivity index (χ2n) is 7.83. The highest BCUT2D eigenvalue weighted by Crippen LogP contribution is 2.38. The van der Waals surface area contributed by atoms with Gasteiger partial charge in [-0.1, -0.05) is 48.0 Å². The van der Waals surface area contributed by atoms with Crippen LogP contribution in [0.1, 0.15) is 29.2 Å². The molecular formula is C23H22FN3O4S2. The smallest absolute Gasteiger partial charge is 0.279 e. The first-order chi connectivity index (χ1) is 15.5. The highest BCUT2D eigenvalue weighted by Gasteiger charge is 2.38. The van der Waals surface area contributed by atoms with Gasteiger partial charge >= 0.3 is 0 Å². The van der Waals surface area contributed by atoms with E-state index in [-0.39, 0.29) is 11.3 Å². The second-order valence-corrected chi connectivity index (χ2v) is 11.4. The molecule has 1 N–H and O–H groups in total. The van der Waals surface area contributed by atoms with Crippen LogP contribution in [0.4, 0.5) is 10.1 Å². The van der Waals surface area contributed by atoms with Crippen LogP contribution in [0.2, 0.25) is 0 Å². The lowest BCUT2D eigenvalue weighted by molar-refractivity contribution is 0.371. The van der Waals surface area contributed by atoms with Gasteiger partial charge in [-0.05, 0) is 42.8 Å². The van der Waals surface area contributed by atoms with Gasteiger partial charge in [-0.25, -0.2) is 12.8 Å². The average Bonchev–Trinajstić information content (AvgIpc) is 3.20. The Morgan fingerprint density at radius 3 is 2.21 bits per heavy atom. The number of hydrogen-bond acceptors (Lipinski definition) is 5. The second kappa shape index (κ2) is 8.60. The summed E-state index contributed by atoms with van der Waals surface area (Å²) in [5.41, 5.74) is 2.96. The van der Waals surface area contributed by atoms with Crippen LogP contribution in [-0.4, -0.2) is 33.2 Å². The highest BCUT2D eigenvalue weighted by atomic mass is 32.2. The number of hydrazone groups is 1. The van der Waals surface area contributed by atoms with E-state index < -0.39 is 31.9 Å². The van der Waals surface area contributed by atoms with Gasteiger partial charge in [0.2, 0.25) is 10.0 Å². The fraction of sp³-hybridized carbons (Fsp3) is 0.174. The third-order valence-corrected chi connectivity index (χ3v) is 7.51. The summed E-state index contributed by atoms with van der Waals surface area (Å²) in [7, 11) is -7.67. The largest absolute Gasteiger partial charge is 0.283 e. The number of nitrogens with one attached hydrogen (secondary N) is 1. The van der Waals surface area contributed by atoms with Crippen molar-refractivity contribution in [3.63, 3.8) is 0 Å². The lowest BCUT2D eigenvalue weighted by atomic mass is 9.98. The predicted octanol–water partition coefficient (Wildman–Crippen LogP) is 4.05. The summed E-state index contributed by atoms with van der Waals surface area (Å²) in [6.07, 6.45) is 1.27. The van der Waals surface area contributed by atoms with E-state index in [1.807, 2.05) is 31.2 Å². The quantitative estimate of drug-likeness (QED) is 0.568. The molecule has 0 fully saturated rings. The summed E-state index contributed by atoms with van der Waals surface area (Å²) in [6.45, 7) is 1.93. The number of hydrogen-bond donors (Lipinski definition) is 1. The van der Waals surface area contributed by atoms with E-state index >= 15 is 0 Å². The van der Waals surface area contributed by atoms with Crippen molar-refractivity contribution in [1.82, 2.24) is 4.41 Å². The zero-order chi connectivity index (χ0) is 23.8. The van der Waals surface area contributed by atoms with Crippen molar-refractivity contribution < 1.29 is 21.2 Å². The Kier molecular flexibility index (Phi) is 5.98. The third-order valence-electron chi connectivity index (χ3n) is 5.23. The molecule has 7 nitrogen and oxygen atoms in total. The number of nitrogens with zero attached hydrogens (tertiary/aromatic N) is 2. The van der Waals surface area contributed by atoms with Crippen molar-refractivity contribution in [1.29, 1.82) is 0 Å². The molecule has 4 rings (SSSR count). The topological polar surface area (TPSA) is 95.9 Å². The van der Waals surface area contributed by atoms with Crippen LogP contribution in [0.3, 0.4) is 0 Å². The first-order valence-corrected chi connectivity index (χ1v) is 13.4. The van der Waals surface area contributed by atoms with Gasteiger partial charge in [-0.3, -0.25) is 4.72 Å². The van der Waals surface area contributed by atoms with E-state index in [0.717, 1.165) is 33.9 Å². The minimum atomic E-state index is -4.11. The monoisotopic (exact) mass is 487 g/mol. The lowest BCUT2D eigenvalue weighted by Gasteiger charge is -2.23. The lowest BCUT2D eigenvalue weighted by Crippen LogP contribution is -2.27. The van der Waals surface area contributed by atoms with Crippen LogP contribution in [0.25, 0.3) is 0 Å². The summed E-state index contributed by atoms with van der Waals surface area (Å²) in [6, 6.07) is 18.0. The molecule has 0 saturated carbocycles. The van der Waals surface area contributed by atoms with Crippen molar-refractivity contribution in [2.24, 2.45) is 5.10 Å². The van der Waals surface area contributed by atoms with E-state index in [9.17, 15) is 21.2 Å². The normalized spacial score (nSPS) is 16.5. The first-order valence-electron chi connectivity index (χ1n) is 10.1. The molecule has 0 bridgehead atoms. The standard InChI is InChI=1S/C23H22FN3O4S2/c1-16-7-9-17(10-8-16)23-15-22(20-5-3-4-6-21(20)26-32(2,28)29)25-27(23)33(30,31)19-13-11-18(24)12-14-19/h3-14,23,26H,15H2,1-2H3/t23-/m0/s1. The Hall–Kier alpha value is -3.24. The van der Waals surface area contributed by atoms with E-state index in [0.29, 0.717) is 17.0 Å². The Bertz CT molecular complexity index is 1420. The number of benzene rings is 3. The molecule has 3 aromatic carbocycles. The molecule has 0 amide bonds. The molecule has 172 valence electrons. The first kappa shape index (κ1) is 22.9. The fourth-order valence-electron chi connectivity index (χ4n) is 3.65. The van der Waals surface area contributed by atoms with Crippen LogP contribution < -0.4 is 4.72 Å². The van der Waals surface area contributed by atoms with Crippen molar-refractivity contribution in [2.45, 2.75) is 24.3 Å². The van der Waals surface area contributed by atoms with Crippen LogP contribution in [0.15, 0.2) is 82.8 Å². The molecule has 0 aromatic heterocycles. The van der Waals surface area contributed by atoms with Gasteiger partial charge in [0.1, 0.15) is 5.82 Å². The molecule has 0 aliphatic carbocycles. The van der Waals surface area contributed by atoms with Gasteiger partial charge in [-0.15, -0.1) is 0 Å². The zero-order valence-electron chi connectivity index (χ0n) is 17.9. The van der Waals surface area contributed by atoms with Crippen molar-refractivity contribution in [2.75, 3.05) is 11.0 Å². The molecule has 3 aromatic rings. The molecule has 1 aliphatic heterocycles. The summed E-state index contributed by atoms with van der Waals surface area (Å²) < 4.78 is 67.5. The van der Waals surface area contributed by atoms with Crippen LogP contribution in [-0.2, 0) is 20.0 Å². The predicted molar refractivity (Wildman–Crippen MR) is 125 cm³/mol. The maximum absolute atomic E-state index is 13.5. The maximum atomic E-state index is 13.5. The number of para-hydroxylation sites is 1. The number of sulfonamides is 2. The van der Waals surface area contributed by atoms with Gasteiger partial charge in [0, 0.05) is 12.0 Å². The molecular weight excluding hydrogens is 465 g/mol. The van der Waals surface area contributed by atoms with E-state index in [1.165, 1.54) is 12.1 Å². The molecule has 1 aliphatic rings. The molecule has 0 spiro atoms. The van der Waals surface area contributed by atoms with Crippen LogP contribution in [0.5, 0.6) is 0 Å². The number of halogens is 1. The van der Waals surface area contributed by atoms with Crippen LogP contribution in [0, 0.1) is 12.7 Å². The van der Waals surface area contributed by atoms with E-state index in [2.05, 4.69) is 9.82 Å². The Morgan fingerprint density at radius 2 is 1.58 bits per heavy atom. The Balaban J connectivity index is 1.83. The molecule has 1 atom stereocenters. The average molecular weight is 488 g/mol. The summed E-state index contributed by atoms with van der Waals surface area (Å²) >= 11 is 0.